The third-order valence-electron chi connectivity index (χ3n) is 3.48. The number of aliphatic carboxylic acids is 1. The van der Waals surface area contributed by atoms with Crippen LogP contribution in [0.4, 0.5) is 5.82 Å². The third-order valence-corrected chi connectivity index (χ3v) is 5.36. The van der Waals surface area contributed by atoms with Gasteiger partial charge in [-0.15, -0.1) is 0 Å². The molecule has 1 saturated heterocycles. The van der Waals surface area contributed by atoms with Crippen LogP contribution in [-0.2, 0) is 14.8 Å². The lowest BCUT2D eigenvalue weighted by Crippen LogP contribution is -2.28. The first-order valence-corrected chi connectivity index (χ1v) is 8.24. The first kappa shape index (κ1) is 15.7. The van der Waals surface area contributed by atoms with Crippen molar-refractivity contribution < 1.29 is 18.3 Å². The van der Waals surface area contributed by atoms with Crippen LogP contribution in [0.2, 0.25) is 0 Å². The molecule has 0 spiro atoms. The number of carboxylic acid groups (broad SMARTS) is 1. The van der Waals surface area contributed by atoms with E-state index in [1.807, 2.05) is 0 Å². The maximum absolute atomic E-state index is 12.3. The highest BCUT2D eigenvalue weighted by molar-refractivity contribution is 7.89. The molecule has 2 rings (SSSR count). The van der Waals surface area contributed by atoms with Gasteiger partial charge in [-0.05, 0) is 25.0 Å². The highest BCUT2D eigenvalue weighted by Gasteiger charge is 2.27. The molecule has 0 radical (unpaired) electrons. The molecular formula is C13H19N3O4S. The van der Waals surface area contributed by atoms with Crippen molar-refractivity contribution in [2.45, 2.75) is 24.2 Å². The molecule has 1 fully saturated rings. The number of hydrogen-bond donors (Lipinski definition) is 1. The average Bonchev–Trinajstić information content (AvgIpc) is 2.99. The molecule has 1 aliphatic heterocycles. The number of rotatable bonds is 6. The summed E-state index contributed by atoms with van der Waals surface area (Å²) in [5, 5.41) is 8.65. The number of anilines is 1. The van der Waals surface area contributed by atoms with E-state index in [0.717, 1.165) is 12.8 Å². The number of hydrogen-bond acceptors (Lipinski definition) is 5. The minimum absolute atomic E-state index is 0.00596. The van der Waals surface area contributed by atoms with E-state index in [9.17, 15) is 13.2 Å². The minimum atomic E-state index is -3.45. The predicted octanol–water partition coefficient (Wildman–Crippen LogP) is 0.777. The van der Waals surface area contributed by atoms with Crippen molar-refractivity contribution in [2.75, 3.05) is 31.6 Å². The molecule has 0 unspecified atom stereocenters. The summed E-state index contributed by atoms with van der Waals surface area (Å²) < 4.78 is 26.1. The van der Waals surface area contributed by atoms with Crippen LogP contribution in [0.25, 0.3) is 0 Å². The lowest BCUT2D eigenvalue weighted by atomic mass is 10.4. The van der Waals surface area contributed by atoms with E-state index < -0.39 is 16.0 Å². The van der Waals surface area contributed by atoms with Crippen LogP contribution in [0.1, 0.15) is 19.3 Å². The van der Waals surface area contributed by atoms with Gasteiger partial charge in [0.15, 0.2) is 0 Å². The number of sulfonamides is 1. The monoisotopic (exact) mass is 313 g/mol. The fourth-order valence-electron chi connectivity index (χ4n) is 2.21. The Bertz CT molecular complexity index is 594. The van der Waals surface area contributed by atoms with Crippen LogP contribution in [0.15, 0.2) is 23.2 Å². The van der Waals surface area contributed by atoms with E-state index in [-0.39, 0.29) is 11.3 Å². The molecule has 1 aromatic heterocycles. The van der Waals surface area contributed by atoms with Crippen molar-refractivity contribution in [1.29, 1.82) is 0 Å². The Labute approximate surface area is 124 Å². The lowest BCUT2D eigenvalue weighted by molar-refractivity contribution is -0.136. The number of aromatic nitrogens is 1. The predicted molar refractivity (Wildman–Crippen MR) is 77.8 cm³/mol. The van der Waals surface area contributed by atoms with Gasteiger partial charge in [0.25, 0.3) is 0 Å². The zero-order valence-electron chi connectivity index (χ0n) is 11.9. The van der Waals surface area contributed by atoms with Crippen LogP contribution in [0.5, 0.6) is 0 Å². The number of nitrogens with zero attached hydrogens (tertiary/aromatic N) is 3. The average molecular weight is 313 g/mol. The zero-order valence-corrected chi connectivity index (χ0v) is 12.7. The van der Waals surface area contributed by atoms with Crippen LogP contribution in [0.3, 0.4) is 0 Å². The van der Waals surface area contributed by atoms with Crippen molar-refractivity contribution in [3.8, 4) is 0 Å². The molecule has 0 bridgehead atoms. The second kappa shape index (κ2) is 6.40. The second-order valence-corrected chi connectivity index (χ2v) is 6.97. The van der Waals surface area contributed by atoms with Gasteiger partial charge in [0.2, 0.25) is 10.0 Å². The van der Waals surface area contributed by atoms with E-state index in [2.05, 4.69) is 4.98 Å². The van der Waals surface area contributed by atoms with Crippen molar-refractivity contribution in [3.05, 3.63) is 18.3 Å². The molecule has 0 saturated carbocycles. The molecule has 0 amide bonds. The molecule has 1 aromatic rings. The van der Waals surface area contributed by atoms with Gasteiger partial charge in [0.1, 0.15) is 10.7 Å². The summed E-state index contributed by atoms with van der Waals surface area (Å²) in [6, 6.07) is 3.12. The largest absolute Gasteiger partial charge is 0.481 e. The summed E-state index contributed by atoms with van der Waals surface area (Å²) in [4.78, 5) is 16.5. The summed E-state index contributed by atoms with van der Waals surface area (Å²) in [5.41, 5.74) is 0. The fourth-order valence-corrected chi connectivity index (χ4v) is 3.67. The van der Waals surface area contributed by atoms with E-state index in [0.29, 0.717) is 25.5 Å². The van der Waals surface area contributed by atoms with Gasteiger partial charge in [-0.1, -0.05) is 0 Å². The molecule has 0 aliphatic carbocycles. The lowest BCUT2D eigenvalue weighted by Gasteiger charge is -2.18. The Balaban J connectivity index is 2.09. The van der Waals surface area contributed by atoms with Crippen LogP contribution < -0.4 is 4.90 Å². The van der Waals surface area contributed by atoms with Crippen LogP contribution in [0, 0.1) is 0 Å². The quantitative estimate of drug-likeness (QED) is 0.834. The molecule has 21 heavy (non-hydrogen) atoms. The summed E-state index contributed by atoms with van der Waals surface area (Å²) in [6.45, 7) is 1.44. The molecule has 8 heteroatoms. The van der Waals surface area contributed by atoms with Gasteiger partial charge in [-0.25, -0.2) is 13.4 Å². The highest BCUT2D eigenvalue weighted by Crippen LogP contribution is 2.21. The molecule has 0 aromatic carbocycles. The molecule has 2 heterocycles. The van der Waals surface area contributed by atoms with Crippen molar-refractivity contribution in [2.24, 2.45) is 0 Å². The van der Waals surface area contributed by atoms with E-state index in [1.165, 1.54) is 16.6 Å². The van der Waals surface area contributed by atoms with Gasteiger partial charge in [0, 0.05) is 32.9 Å². The maximum Gasteiger partial charge on any atom is 0.305 e. The van der Waals surface area contributed by atoms with E-state index in [1.54, 1.807) is 18.0 Å². The molecule has 116 valence electrons. The van der Waals surface area contributed by atoms with Gasteiger partial charge >= 0.3 is 5.97 Å². The normalized spacial score (nSPS) is 16.0. The smallest absolute Gasteiger partial charge is 0.305 e. The number of carboxylic acids is 1. The van der Waals surface area contributed by atoms with E-state index in [4.69, 9.17) is 5.11 Å². The number of pyridine rings is 1. The van der Waals surface area contributed by atoms with Gasteiger partial charge in [-0.3, -0.25) is 4.79 Å². The second-order valence-electron chi connectivity index (χ2n) is 5.03. The highest BCUT2D eigenvalue weighted by atomic mass is 32.2. The topological polar surface area (TPSA) is 90.8 Å². The van der Waals surface area contributed by atoms with E-state index >= 15 is 0 Å². The third kappa shape index (κ3) is 3.70. The summed E-state index contributed by atoms with van der Waals surface area (Å²) >= 11 is 0. The Morgan fingerprint density at radius 2 is 2.05 bits per heavy atom. The fraction of sp³-hybridized carbons (Fsp3) is 0.538. The van der Waals surface area contributed by atoms with Crippen LogP contribution >= 0.6 is 0 Å². The molecule has 7 nitrogen and oxygen atoms in total. The first-order valence-electron chi connectivity index (χ1n) is 6.80. The minimum Gasteiger partial charge on any atom is -0.481 e. The zero-order chi connectivity index (χ0) is 15.5. The van der Waals surface area contributed by atoms with Gasteiger partial charge in [-0.2, -0.15) is 4.31 Å². The molecular weight excluding hydrogens is 294 g/mol. The summed E-state index contributed by atoms with van der Waals surface area (Å²) in [6.07, 6.45) is 3.12. The Kier molecular flexibility index (Phi) is 4.79. The molecule has 0 atom stereocenters. The summed E-state index contributed by atoms with van der Waals surface area (Å²) in [5.74, 6) is -0.327. The van der Waals surface area contributed by atoms with Crippen molar-refractivity contribution in [1.82, 2.24) is 9.29 Å². The molecule has 1 N–H and O–H groups in total. The Hall–Kier alpha value is -1.67. The Morgan fingerprint density at radius 1 is 1.38 bits per heavy atom. The van der Waals surface area contributed by atoms with Gasteiger partial charge < -0.3 is 10.0 Å². The maximum atomic E-state index is 12.3. The van der Waals surface area contributed by atoms with Crippen molar-refractivity contribution in [3.63, 3.8) is 0 Å². The van der Waals surface area contributed by atoms with Crippen molar-refractivity contribution >= 4 is 21.8 Å². The Morgan fingerprint density at radius 3 is 2.57 bits per heavy atom. The SMILES string of the molecule is CN(CCC(=O)O)c1ccc(S(=O)(=O)N2CCCC2)cn1. The number of carbonyl (C=O) groups is 1. The molecule has 1 aliphatic rings. The summed E-state index contributed by atoms with van der Waals surface area (Å²) in [7, 11) is -1.73. The standard InChI is InChI=1S/C13H19N3O4S/c1-15(9-6-13(17)18)12-5-4-11(10-14-12)21(19,20)16-7-2-3-8-16/h4-5,10H,2-3,6-9H2,1H3,(H,17,18). The first-order chi connectivity index (χ1) is 9.91. The van der Waals surface area contributed by atoms with Crippen LogP contribution in [-0.4, -0.2) is 55.5 Å². The van der Waals surface area contributed by atoms with Gasteiger partial charge in [0.05, 0.1) is 6.42 Å².